The fraction of sp³-hybridized carbons (Fsp3) is 0.667. The average Bonchev–Trinajstić information content (AvgIpc) is 3.33. The van der Waals surface area contributed by atoms with Crippen LogP contribution < -0.4 is 5.32 Å². The van der Waals surface area contributed by atoms with Crippen molar-refractivity contribution >= 4 is 19.0 Å². The third kappa shape index (κ3) is 9.91. The molecule has 0 bridgehead atoms. The summed E-state index contributed by atoms with van der Waals surface area (Å²) in [6, 6.07) is 0.416. The van der Waals surface area contributed by atoms with Crippen LogP contribution in [0, 0.1) is 0 Å². The molecule has 1 unspecified atom stereocenters. The highest BCUT2D eigenvalue weighted by Crippen LogP contribution is 2.11. The van der Waals surface area contributed by atoms with E-state index < -0.39 is 0 Å². The average molecular weight is 399 g/mol. The molecule has 1 aliphatic rings. The van der Waals surface area contributed by atoms with E-state index in [1.807, 2.05) is 22.7 Å². The summed E-state index contributed by atoms with van der Waals surface area (Å²) < 4.78 is 1.96. The number of carbonyl (C=O) groups excluding carboxylic acids is 1. The van der Waals surface area contributed by atoms with Crippen molar-refractivity contribution in [3.8, 4) is 0 Å². The molecule has 0 radical (unpaired) electrons. The topological polar surface area (TPSA) is 128 Å². The van der Waals surface area contributed by atoms with Crippen molar-refractivity contribution in [3.05, 3.63) is 18.2 Å². The molecule has 0 aliphatic carbocycles. The zero-order valence-corrected chi connectivity index (χ0v) is 17.0. The molecule has 2 heterocycles. The Labute approximate surface area is 166 Å². The van der Waals surface area contributed by atoms with Gasteiger partial charge in [-0.2, -0.15) is 0 Å². The standard InChI is InChI=1S/C16H29N5O.2CH2O2/c1-4-8-21(13-15-17-7-11-19(15)3)16(22)18-12-14(2)20-9-5-6-10-20;2*2-1-3/h7,11,14H,4-6,8-10,12-13H2,1-3H3,(H,18,22);2*1H,(H,2,3). The van der Waals surface area contributed by atoms with Gasteiger partial charge in [-0.15, -0.1) is 0 Å². The molecule has 1 aromatic heterocycles. The highest BCUT2D eigenvalue weighted by atomic mass is 16.3. The van der Waals surface area contributed by atoms with Gasteiger partial charge in [0, 0.05) is 38.6 Å². The Bertz CT molecular complexity index is 554. The van der Waals surface area contributed by atoms with Crippen LogP contribution in [0.2, 0.25) is 0 Å². The molecule has 1 saturated heterocycles. The third-order valence-corrected chi connectivity index (χ3v) is 4.35. The smallest absolute Gasteiger partial charge is 0.317 e. The van der Waals surface area contributed by atoms with E-state index in [4.69, 9.17) is 19.8 Å². The Hall–Kier alpha value is -2.62. The first-order chi connectivity index (χ1) is 13.4. The van der Waals surface area contributed by atoms with E-state index in [1.165, 1.54) is 12.8 Å². The summed E-state index contributed by atoms with van der Waals surface area (Å²) in [5.41, 5.74) is 0. The molecule has 0 saturated carbocycles. The van der Waals surface area contributed by atoms with Crippen LogP contribution in [-0.2, 0) is 23.2 Å². The number of imidazole rings is 1. The number of hydrogen-bond donors (Lipinski definition) is 3. The lowest BCUT2D eigenvalue weighted by Crippen LogP contribution is -2.46. The molecule has 0 aromatic carbocycles. The monoisotopic (exact) mass is 399 g/mol. The first-order valence-electron chi connectivity index (χ1n) is 9.33. The van der Waals surface area contributed by atoms with Crippen LogP contribution in [0.4, 0.5) is 4.79 Å². The maximum Gasteiger partial charge on any atom is 0.317 e. The lowest BCUT2D eigenvalue weighted by atomic mass is 10.3. The van der Waals surface area contributed by atoms with E-state index in [-0.39, 0.29) is 19.0 Å². The van der Waals surface area contributed by atoms with Gasteiger partial charge in [-0.3, -0.25) is 14.5 Å². The van der Waals surface area contributed by atoms with Crippen LogP contribution in [0.15, 0.2) is 12.4 Å². The number of rotatable bonds is 7. The van der Waals surface area contributed by atoms with Gasteiger partial charge in [0.05, 0.1) is 6.54 Å². The molecule has 28 heavy (non-hydrogen) atoms. The van der Waals surface area contributed by atoms with Crippen molar-refractivity contribution in [2.75, 3.05) is 26.2 Å². The van der Waals surface area contributed by atoms with E-state index >= 15 is 0 Å². The van der Waals surface area contributed by atoms with E-state index in [1.54, 1.807) is 6.20 Å². The molecular formula is C18H33N5O5. The summed E-state index contributed by atoms with van der Waals surface area (Å²) in [6.07, 6.45) is 7.18. The van der Waals surface area contributed by atoms with Gasteiger partial charge in [0.1, 0.15) is 5.82 Å². The summed E-state index contributed by atoms with van der Waals surface area (Å²) in [5, 5.41) is 16.9. The van der Waals surface area contributed by atoms with Crippen molar-refractivity contribution < 1.29 is 24.6 Å². The SMILES string of the molecule is CCCN(Cc1nccn1C)C(=O)NCC(C)N1CCCC1.O=CO.O=CO. The fourth-order valence-corrected chi connectivity index (χ4v) is 2.90. The lowest BCUT2D eigenvalue weighted by Gasteiger charge is -2.27. The zero-order valence-electron chi connectivity index (χ0n) is 17.0. The summed E-state index contributed by atoms with van der Waals surface area (Å²) in [5.74, 6) is 0.913. The molecule has 1 atom stereocenters. The molecule has 1 fully saturated rings. The van der Waals surface area contributed by atoms with Gasteiger partial charge in [-0.25, -0.2) is 9.78 Å². The minimum Gasteiger partial charge on any atom is -0.483 e. The Morgan fingerprint density at radius 3 is 2.36 bits per heavy atom. The minimum absolute atomic E-state index is 0.0101. The first kappa shape index (κ1) is 25.4. The molecule has 0 spiro atoms. The van der Waals surface area contributed by atoms with E-state index in [0.717, 1.165) is 31.9 Å². The first-order valence-corrected chi connectivity index (χ1v) is 9.33. The Balaban J connectivity index is 0.00000108. The maximum atomic E-state index is 12.4. The summed E-state index contributed by atoms with van der Waals surface area (Å²) in [6.45, 7) is 8.10. The fourth-order valence-electron chi connectivity index (χ4n) is 2.90. The molecule has 10 nitrogen and oxygen atoms in total. The maximum absolute atomic E-state index is 12.4. The van der Waals surface area contributed by atoms with Gasteiger partial charge in [0.2, 0.25) is 0 Å². The molecule has 2 rings (SSSR count). The van der Waals surface area contributed by atoms with Crippen LogP contribution >= 0.6 is 0 Å². The molecule has 1 aliphatic heterocycles. The zero-order chi connectivity index (χ0) is 21.4. The van der Waals surface area contributed by atoms with Crippen LogP contribution in [0.1, 0.15) is 38.9 Å². The van der Waals surface area contributed by atoms with Gasteiger partial charge in [0.15, 0.2) is 0 Å². The summed E-state index contributed by atoms with van der Waals surface area (Å²) in [7, 11) is 1.96. The molecule has 10 heteroatoms. The lowest BCUT2D eigenvalue weighted by molar-refractivity contribution is -0.123. The molecule has 1 aromatic rings. The predicted octanol–water partition coefficient (Wildman–Crippen LogP) is 1.23. The largest absolute Gasteiger partial charge is 0.483 e. The second-order valence-electron chi connectivity index (χ2n) is 6.36. The number of nitrogens with zero attached hydrogens (tertiary/aromatic N) is 4. The number of amides is 2. The van der Waals surface area contributed by atoms with Crippen molar-refractivity contribution in [1.29, 1.82) is 0 Å². The number of aromatic nitrogens is 2. The van der Waals surface area contributed by atoms with Crippen LogP contribution in [0.5, 0.6) is 0 Å². The number of aryl methyl sites for hydroxylation is 1. The van der Waals surface area contributed by atoms with E-state index in [2.05, 4.69) is 29.0 Å². The van der Waals surface area contributed by atoms with Crippen molar-refractivity contribution in [1.82, 2.24) is 24.7 Å². The van der Waals surface area contributed by atoms with Gasteiger partial charge in [-0.05, 0) is 39.3 Å². The highest BCUT2D eigenvalue weighted by Gasteiger charge is 2.20. The number of urea groups is 1. The van der Waals surface area contributed by atoms with Crippen molar-refractivity contribution in [2.45, 2.75) is 45.7 Å². The highest BCUT2D eigenvalue weighted by molar-refractivity contribution is 5.74. The Kier molecular flexibility index (Phi) is 14.0. The normalized spacial score (nSPS) is 14.0. The second kappa shape index (κ2) is 15.4. The summed E-state index contributed by atoms with van der Waals surface area (Å²) in [4.78, 5) is 37.8. The van der Waals surface area contributed by atoms with Gasteiger partial charge in [-0.1, -0.05) is 6.92 Å². The number of carboxylic acid groups (broad SMARTS) is 2. The quantitative estimate of drug-likeness (QED) is 0.588. The third-order valence-electron chi connectivity index (χ3n) is 4.35. The predicted molar refractivity (Wildman–Crippen MR) is 105 cm³/mol. The van der Waals surface area contributed by atoms with Gasteiger partial charge < -0.3 is 25.0 Å². The number of likely N-dealkylation sites (tertiary alicyclic amines) is 1. The van der Waals surface area contributed by atoms with E-state index in [9.17, 15) is 4.79 Å². The van der Waals surface area contributed by atoms with E-state index in [0.29, 0.717) is 19.1 Å². The second-order valence-corrected chi connectivity index (χ2v) is 6.36. The number of hydrogen-bond acceptors (Lipinski definition) is 5. The molecule has 2 amide bonds. The Morgan fingerprint density at radius 1 is 1.32 bits per heavy atom. The molecule has 160 valence electrons. The van der Waals surface area contributed by atoms with Crippen LogP contribution in [0.3, 0.4) is 0 Å². The van der Waals surface area contributed by atoms with Crippen molar-refractivity contribution in [3.63, 3.8) is 0 Å². The van der Waals surface area contributed by atoms with Gasteiger partial charge in [0.25, 0.3) is 12.9 Å². The van der Waals surface area contributed by atoms with Crippen molar-refractivity contribution in [2.24, 2.45) is 7.05 Å². The number of nitrogens with one attached hydrogen (secondary N) is 1. The number of carbonyl (C=O) groups is 3. The van der Waals surface area contributed by atoms with Crippen LogP contribution in [0.25, 0.3) is 0 Å². The van der Waals surface area contributed by atoms with Gasteiger partial charge >= 0.3 is 6.03 Å². The minimum atomic E-state index is -0.250. The molecule has 3 N–H and O–H groups in total. The summed E-state index contributed by atoms with van der Waals surface area (Å²) >= 11 is 0. The Morgan fingerprint density at radius 2 is 1.89 bits per heavy atom. The van der Waals surface area contributed by atoms with Crippen LogP contribution in [-0.4, -0.2) is 80.8 Å². The molecular weight excluding hydrogens is 366 g/mol.